The molecular weight excluding hydrogens is 811 g/mol. The molecule has 0 aliphatic heterocycles. The van der Waals surface area contributed by atoms with E-state index in [0.717, 1.165) is 50.1 Å². The van der Waals surface area contributed by atoms with Crippen molar-refractivity contribution >= 4 is 49.8 Å². The molecule has 67 heavy (non-hydrogen) atoms. The molecule has 2 aliphatic rings. The van der Waals surface area contributed by atoms with Gasteiger partial charge in [0.15, 0.2) is 0 Å². The fourth-order valence-corrected chi connectivity index (χ4v) is 11.6. The Morgan fingerprint density at radius 3 is 1.52 bits per heavy atom. The monoisotopic (exact) mass is 851 g/mol. The summed E-state index contributed by atoms with van der Waals surface area (Å²) in [6.07, 6.45) is 0. The minimum atomic E-state index is -0.516. The van der Waals surface area contributed by atoms with Crippen LogP contribution in [-0.4, -0.2) is 0 Å². The van der Waals surface area contributed by atoms with E-state index in [1.165, 1.54) is 77.5 Å². The third-order valence-corrected chi connectivity index (χ3v) is 14.5. The van der Waals surface area contributed by atoms with Gasteiger partial charge in [-0.1, -0.05) is 200 Å². The molecule has 1 spiro atoms. The Morgan fingerprint density at radius 2 is 0.776 bits per heavy atom. The van der Waals surface area contributed by atoms with E-state index < -0.39 is 5.41 Å². The molecule has 1 heterocycles. The molecule has 2 heteroatoms. The second kappa shape index (κ2) is 14.7. The van der Waals surface area contributed by atoms with Gasteiger partial charge in [-0.05, 0) is 132 Å². The van der Waals surface area contributed by atoms with Crippen LogP contribution in [0.1, 0.15) is 22.3 Å². The van der Waals surface area contributed by atoms with Crippen LogP contribution in [0.25, 0.3) is 88.3 Å². The van der Waals surface area contributed by atoms with Gasteiger partial charge in [-0.2, -0.15) is 0 Å². The lowest BCUT2D eigenvalue weighted by Crippen LogP contribution is -2.26. The molecule has 0 amide bonds. The average Bonchev–Trinajstić information content (AvgIpc) is 4.03. The van der Waals surface area contributed by atoms with Crippen molar-refractivity contribution in [3.05, 3.63) is 271 Å². The van der Waals surface area contributed by atoms with Gasteiger partial charge in [0.2, 0.25) is 0 Å². The largest absolute Gasteiger partial charge is 0.455 e. The number of nitrogens with zero attached hydrogens (tertiary/aromatic N) is 1. The lowest BCUT2D eigenvalue weighted by Gasteiger charge is -2.32. The van der Waals surface area contributed by atoms with Gasteiger partial charge in [-0.25, -0.2) is 0 Å². The summed E-state index contributed by atoms with van der Waals surface area (Å²) in [4.78, 5) is 2.43. The van der Waals surface area contributed by atoms with Crippen molar-refractivity contribution in [1.29, 1.82) is 0 Å². The van der Waals surface area contributed by atoms with E-state index in [-0.39, 0.29) is 0 Å². The summed E-state index contributed by atoms with van der Waals surface area (Å²) in [7, 11) is 0. The summed E-state index contributed by atoms with van der Waals surface area (Å²) < 4.78 is 6.52. The molecule has 14 rings (SSSR count). The molecule has 0 fully saturated rings. The van der Waals surface area contributed by atoms with E-state index in [2.05, 4.69) is 248 Å². The highest BCUT2D eigenvalue weighted by atomic mass is 16.3. The van der Waals surface area contributed by atoms with Crippen molar-refractivity contribution in [2.75, 3.05) is 4.90 Å². The lowest BCUT2D eigenvalue weighted by molar-refractivity contribution is 0.670. The number of benzene rings is 11. The van der Waals surface area contributed by atoms with Crippen LogP contribution < -0.4 is 4.90 Å². The number of para-hydroxylation sites is 2. The molecule has 12 aromatic rings. The van der Waals surface area contributed by atoms with E-state index in [4.69, 9.17) is 4.42 Å². The summed E-state index contributed by atoms with van der Waals surface area (Å²) in [5, 5.41) is 4.75. The molecule has 1 aromatic heterocycles. The predicted octanol–water partition coefficient (Wildman–Crippen LogP) is 17.6. The molecule has 312 valence electrons. The summed E-state index contributed by atoms with van der Waals surface area (Å²) in [6, 6.07) is 91.4. The molecule has 2 aliphatic carbocycles. The number of hydrogen-bond acceptors (Lipinski definition) is 2. The fraction of sp³-hybridized carbons (Fsp3) is 0.0154. The van der Waals surface area contributed by atoms with Crippen LogP contribution in [0.15, 0.2) is 253 Å². The van der Waals surface area contributed by atoms with E-state index in [9.17, 15) is 0 Å². The summed E-state index contributed by atoms with van der Waals surface area (Å²) in [5.41, 5.74) is 22.0. The normalized spacial score (nSPS) is 14.3. The molecule has 0 N–H and O–H groups in total. The van der Waals surface area contributed by atoms with E-state index in [1.807, 2.05) is 6.07 Å². The predicted molar refractivity (Wildman–Crippen MR) is 279 cm³/mol. The second-order valence-electron chi connectivity index (χ2n) is 17.9. The molecule has 2 nitrogen and oxygen atoms in total. The summed E-state index contributed by atoms with van der Waals surface area (Å²) in [6.45, 7) is 0. The first kappa shape index (κ1) is 37.6. The average molecular weight is 852 g/mol. The fourth-order valence-electron chi connectivity index (χ4n) is 11.6. The molecule has 1 unspecified atom stereocenters. The van der Waals surface area contributed by atoms with E-state index in [1.54, 1.807) is 0 Å². The Morgan fingerprint density at radius 1 is 0.284 bits per heavy atom. The molecule has 0 saturated carbocycles. The van der Waals surface area contributed by atoms with E-state index in [0.29, 0.717) is 0 Å². The Bertz CT molecular complexity index is 3900. The molecule has 0 bridgehead atoms. The minimum absolute atomic E-state index is 0.516. The summed E-state index contributed by atoms with van der Waals surface area (Å²) >= 11 is 0. The topological polar surface area (TPSA) is 16.4 Å². The molecule has 11 aromatic carbocycles. The zero-order chi connectivity index (χ0) is 44.1. The first-order valence-corrected chi connectivity index (χ1v) is 23.2. The van der Waals surface area contributed by atoms with Gasteiger partial charge in [-0.15, -0.1) is 0 Å². The maximum atomic E-state index is 6.52. The van der Waals surface area contributed by atoms with Gasteiger partial charge in [0.25, 0.3) is 0 Å². The third-order valence-electron chi connectivity index (χ3n) is 14.5. The standard InChI is InChI=1S/C65H41NO/c1-2-14-42(15-3-1)46-32-38-55-53-19-6-9-25-59(53)65(61(55)40-46)60-26-10-7-20-54(60)56-39-37-49(41-62(56)65)66(47-33-28-44(29-34-47)51-22-12-17-43-16-4-5-18-50(43)51)48-35-30-45(31-36-48)52-23-13-24-58-57-21-8-11-27-63(57)67-64(52)58/h1-41H. The highest BCUT2D eigenvalue weighted by Gasteiger charge is 2.52. The Balaban J connectivity index is 0.968. The van der Waals surface area contributed by atoms with Crippen molar-refractivity contribution < 1.29 is 4.42 Å². The van der Waals surface area contributed by atoms with E-state index >= 15 is 0 Å². The molecular formula is C65H41NO. The van der Waals surface area contributed by atoms with Crippen molar-refractivity contribution in [3.63, 3.8) is 0 Å². The van der Waals surface area contributed by atoms with Crippen LogP contribution in [0.5, 0.6) is 0 Å². The van der Waals surface area contributed by atoms with Crippen LogP contribution in [0.2, 0.25) is 0 Å². The van der Waals surface area contributed by atoms with Crippen molar-refractivity contribution in [3.8, 4) is 55.6 Å². The first-order valence-electron chi connectivity index (χ1n) is 23.2. The maximum absolute atomic E-state index is 6.52. The Hall–Kier alpha value is -8.72. The van der Waals surface area contributed by atoms with Crippen molar-refractivity contribution in [2.24, 2.45) is 0 Å². The first-order chi connectivity index (χ1) is 33.2. The molecule has 0 radical (unpaired) electrons. The van der Waals surface area contributed by atoms with Gasteiger partial charge in [-0.3, -0.25) is 0 Å². The van der Waals surface area contributed by atoms with Crippen molar-refractivity contribution in [1.82, 2.24) is 0 Å². The van der Waals surface area contributed by atoms with Gasteiger partial charge < -0.3 is 9.32 Å². The van der Waals surface area contributed by atoms with Gasteiger partial charge in [0.1, 0.15) is 11.2 Å². The minimum Gasteiger partial charge on any atom is -0.455 e. The number of furan rings is 1. The smallest absolute Gasteiger partial charge is 0.143 e. The van der Waals surface area contributed by atoms with Crippen LogP contribution in [-0.2, 0) is 5.41 Å². The summed E-state index contributed by atoms with van der Waals surface area (Å²) in [5.74, 6) is 0. The van der Waals surface area contributed by atoms with Crippen molar-refractivity contribution in [2.45, 2.75) is 5.41 Å². The number of fused-ring (bicyclic) bond motifs is 14. The number of hydrogen-bond donors (Lipinski definition) is 0. The Labute approximate surface area is 389 Å². The van der Waals surface area contributed by atoms with Crippen LogP contribution in [0.3, 0.4) is 0 Å². The number of anilines is 3. The lowest BCUT2D eigenvalue weighted by atomic mass is 9.70. The highest BCUT2D eigenvalue weighted by molar-refractivity contribution is 6.09. The van der Waals surface area contributed by atoms with Crippen LogP contribution >= 0.6 is 0 Å². The van der Waals surface area contributed by atoms with Gasteiger partial charge in [0.05, 0.1) is 5.41 Å². The van der Waals surface area contributed by atoms with Gasteiger partial charge in [0, 0.05) is 33.4 Å². The maximum Gasteiger partial charge on any atom is 0.143 e. The molecule has 0 saturated heterocycles. The molecule has 1 atom stereocenters. The third kappa shape index (κ3) is 5.57. The highest BCUT2D eigenvalue weighted by Crippen LogP contribution is 2.64. The van der Waals surface area contributed by atoms with Crippen LogP contribution in [0.4, 0.5) is 17.1 Å². The second-order valence-corrected chi connectivity index (χ2v) is 17.9. The Kier molecular flexibility index (Phi) is 8.23. The number of rotatable bonds is 6. The SMILES string of the molecule is c1ccc(-c2ccc3c(c2)C2(c4ccccc4-3)c3ccccc3-c3ccc(N(c4ccc(-c5cccc6ccccc56)cc4)c4ccc(-c5cccc6c5oc5ccccc56)cc4)cc32)cc1. The zero-order valence-electron chi connectivity index (χ0n) is 36.5. The quantitative estimate of drug-likeness (QED) is 0.166. The van der Waals surface area contributed by atoms with Gasteiger partial charge >= 0.3 is 0 Å². The zero-order valence-corrected chi connectivity index (χ0v) is 36.5. The van der Waals surface area contributed by atoms with Crippen LogP contribution in [0, 0.1) is 0 Å².